The predicted octanol–water partition coefficient (Wildman–Crippen LogP) is 4.21. The van der Waals surface area contributed by atoms with Crippen molar-refractivity contribution < 1.29 is 4.39 Å². The molecule has 2 nitrogen and oxygen atoms in total. The largest absolute Gasteiger partial charge is 0.298 e. The van der Waals surface area contributed by atoms with Gasteiger partial charge in [-0.25, -0.2) is 4.39 Å². The first-order valence-electron chi connectivity index (χ1n) is 7.50. The number of hydrogen-bond donors (Lipinski definition) is 0. The molecule has 1 aromatic rings. The molecule has 0 radical (unpaired) electrons. The summed E-state index contributed by atoms with van der Waals surface area (Å²) in [7, 11) is 0. The Balaban J connectivity index is 1.94. The zero-order valence-corrected chi connectivity index (χ0v) is 13.2. The fourth-order valence-corrected chi connectivity index (χ4v) is 4.08. The Morgan fingerprint density at radius 3 is 2.90 bits per heavy atom. The molecule has 4 heteroatoms. The van der Waals surface area contributed by atoms with Gasteiger partial charge in [-0.3, -0.25) is 4.90 Å². The summed E-state index contributed by atoms with van der Waals surface area (Å²) < 4.78 is 14.3. The van der Waals surface area contributed by atoms with Crippen molar-refractivity contribution in [3.8, 4) is 6.07 Å². The van der Waals surface area contributed by atoms with Gasteiger partial charge in [0.2, 0.25) is 0 Å². The van der Waals surface area contributed by atoms with Crippen molar-refractivity contribution in [2.75, 3.05) is 13.1 Å². The molecule has 2 aliphatic rings. The lowest BCUT2D eigenvalue weighted by Gasteiger charge is -2.40. The Labute approximate surface area is 130 Å². The Kier molecular flexibility index (Phi) is 3.71. The van der Waals surface area contributed by atoms with Gasteiger partial charge in [0.25, 0.3) is 0 Å². The van der Waals surface area contributed by atoms with Crippen molar-refractivity contribution in [2.24, 2.45) is 11.3 Å². The van der Waals surface area contributed by atoms with E-state index in [1.54, 1.807) is 18.2 Å². The molecule has 0 N–H and O–H groups in total. The Bertz CT molecular complexity index is 593. The molecule has 0 bridgehead atoms. The number of halogens is 2. The van der Waals surface area contributed by atoms with Crippen LogP contribution in [0.1, 0.15) is 38.2 Å². The van der Waals surface area contributed by atoms with Crippen molar-refractivity contribution in [3.05, 3.63) is 34.6 Å². The van der Waals surface area contributed by atoms with Crippen LogP contribution in [0.25, 0.3) is 0 Å². The summed E-state index contributed by atoms with van der Waals surface area (Å²) >= 11 is 5.91. The Hall–Kier alpha value is -1.11. The van der Waals surface area contributed by atoms with E-state index >= 15 is 0 Å². The van der Waals surface area contributed by atoms with E-state index in [0.717, 1.165) is 25.9 Å². The van der Waals surface area contributed by atoms with Gasteiger partial charge in [0.15, 0.2) is 0 Å². The highest BCUT2D eigenvalue weighted by atomic mass is 35.5. The van der Waals surface area contributed by atoms with Crippen LogP contribution >= 0.6 is 11.6 Å². The fraction of sp³-hybridized carbons (Fsp3) is 0.588. The third-order valence-electron chi connectivity index (χ3n) is 5.12. The van der Waals surface area contributed by atoms with Gasteiger partial charge in [0, 0.05) is 18.5 Å². The topological polar surface area (TPSA) is 27.0 Å². The molecule has 2 fully saturated rings. The number of piperidine rings is 1. The summed E-state index contributed by atoms with van der Waals surface area (Å²) in [5.41, 5.74) is 0.860. The first-order chi connectivity index (χ1) is 9.93. The first-order valence-corrected chi connectivity index (χ1v) is 7.88. The maximum Gasteiger partial charge on any atom is 0.145 e. The zero-order chi connectivity index (χ0) is 15.2. The number of benzene rings is 1. The summed E-state index contributed by atoms with van der Waals surface area (Å²) in [6.45, 7) is 6.27. The summed E-state index contributed by atoms with van der Waals surface area (Å²) in [6, 6.07) is 7.80. The van der Waals surface area contributed by atoms with Gasteiger partial charge in [0.05, 0.1) is 17.0 Å². The van der Waals surface area contributed by atoms with Crippen molar-refractivity contribution in [2.45, 2.75) is 38.6 Å². The summed E-state index contributed by atoms with van der Waals surface area (Å²) in [6.07, 6.45) is 2.14. The molecule has 1 aromatic carbocycles. The van der Waals surface area contributed by atoms with Crippen LogP contribution in [0.5, 0.6) is 0 Å². The number of rotatable bonds is 1. The third kappa shape index (κ3) is 2.56. The van der Waals surface area contributed by atoms with Crippen LogP contribution in [0.2, 0.25) is 5.02 Å². The van der Waals surface area contributed by atoms with Crippen LogP contribution in [0.4, 0.5) is 4.39 Å². The number of fused-ring (bicyclic) bond motifs is 1. The molecule has 0 aliphatic carbocycles. The average molecular weight is 307 g/mol. The van der Waals surface area contributed by atoms with Gasteiger partial charge >= 0.3 is 0 Å². The van der Waals surface area contributed by atoms with Crippen molar-refractivity contribution >= 4 is 11.6 Å². The number of nitrogens with zero attached hydrogens (tertiary/aromatic N) is 2. The van der Waals surface area contributed by atoms with E-state index in [1.165, 1.54) is 0 Å². The quantitative estimate of drug-likeness (QED) is 0.777. The van der Waals surface area contributed by atoms with Crippen LogP contribution in [0, 0.1) is 28.5 Å². The molecular weight excluding hydrogens is 287 g/mol. The van der Waals surface area contributed by atoms with Crippen LogP contribution in [-0.2, 0) is 0 Å². The molecule has 2 heterocycles. The second-order valence-electron chi connectivity index (χ2n) is 7.09. The highest BCUT2D eigenvalue weighted by Crippen LogP contribution is 2.46. The monoisotopic (exact) mass is 306 g/mol. The normalized spacial score (nSPS) is 31.7. The Morgan fingerprint density at radius 2 is 2.19 bits per heavy atom. The van der Waals surface area contributed by atoms with Crippen molar-refractivity contribution in [1.82, 2.24) is 4.90 Å². The molecule has 3 rings (SSSR count). The van der Waals surface area contributed by atoms with E-state index in [4.69, 9.17) is 11.6 Å². The smallest absolute Gasteiger partial charge is 0.145 e. The van der Waals surface area contributed by atoms with Gasteiger partial charge < -0.3 is 0 Å². The molecule has 2 saturated heterocycles. The summed E-state index contributed by atoms with van der Waals surface area (Å²) in [5.74, 6) is -0.589. The highest BCUT2D eigenvalue weighted by molar-refractivity contribution is 6.30. The van der Waals surface area contributed by atoms with Crippen LogP contribution in [0.3, 0.4) is 0 Å². The number of nitriles is 1. The average Bonchev–Trinajstić information content (AvgIpc) is 2.78. The summed E-state index contributed by atoms with van der Waals surface area (Å²) in [4.78, 5) is 2.37. The molecule has 0 spiro atoms. The van der Waals surface area contributed by atoms with Crippen LogP contribution in [0.15, 0.2) is 18.2 Å². The van der Waals surface area contributed by atoms with Gasteiger partial charge in [-0.05, 0) is 36.4 Å². The minimum absolute atomic E-state index is 0.0763. The first kappa shape index (κ1) is 14.8. The van der Waals surface area contributed by atoms with Crippen molar-refractivity contribution in [1.29, 1.82) is 5.26 Å². The molecule has 2 aliphatic heterocycles. The van der Waals surface area contributed by atoms with Gasteiger partial charge in [-0.1, -0.05) is 37.6 Å². The van der Waals surface area contributed by atoms with E-state index in [9.17, 15) is 9.65 Å². The molecule has 0 amide bonds. The Morgan fingerprint density at radius 1 is 1.43 bits per heavy atom. The minimum Gasteiger partial charge on any atom is -0.298 e. The summed E-state index contributed by atoms with van der Waals surface area (Å²) in [5, 5.41) is 9.78. The molecule has 3 atom stereocenters. The lowest BCUT2D eigenvalue weighted by atomic mass is 9.75. The minimum atomic E-state index is -0.358. The fourth-order valence-electron chi connectivity index (χ4n) is 3.90. The second-order valence-corrected chi connectivity index (χ2v) is 7.49. The van der Waals surface area contributed by atoms with Gasteiger partial charge in [0.1, 0.15) is 5.82 Å². The molecule has 112 valence electrons. The number of hydrogen-bond acceptors (Lipinski definition) is 2. The van der Waals surface area contributed by atoms with E-state index in [1.807, 2.05) is 0 Å². The standard InChI is InChI=1S/C17H20ClFN2/c1-17(2)6-7-21-10-13(12(9-20)15(21)8-17)11-4-3-5-14(18)16(11)19/h3-5,12-13,15H,6-8,10H2,1-2H3. The van der Waals surface area contributed by atoms with Gasteiger partial charge in [-0.15, -0.1) is 0 Å². The van der Waals surface area contributed by atoms with E-state index < -0.39 is 0 Å². The maximum absolute atomic E-state index is 14.3. The van der Waals surface area contributed by atoms with E-state index in [-0.39, 0.29) is 34.1 Å². The third-order valence-corrected chi connectivity index (χ3v) is 5.41. The molecular formula is C17H20ClFN2. The molecule has 0 aromatic heterocycles. The van der Waals surface area contributed by atoms with Crippen molar-refractivity contribution in [3.63, 3.8) is 0 Å². The zero-order valence-electron chi connectivity index (χ0n) is 12.4. The van der Waals surface area contributed by atoms with E-state index in [0.29, 0.717) is 5.56 Å². The van der Waals surface area contributed by atoms with Gasteiger partial charge in [-0.2, -0.15) is 5.26 Å². The van der Waals surface area contributed by atoms with E-state index in [2.05, 4.69) is 24.8 Å². The van der Waals surface area contributed by atoms with Crippen LogP contribution in [-0.4, -0.2) is 24.0 Å². The lowest BCUT2D eigenvalue weighted by Crippen LogP contribution is -2.43. The van der Waals surface area contributed by atoms with Crippen LogP contribution < -0.4 is 0 Å². The molecule has 21 heavy (non-hydrogen) atoms. The lowest BCUT2D eigenvalue weighted by molar-refractivity contribution is 0.0928. The SMILES string of the molecule is CC1(C)CCN2CC(c3cccc(Cl)c3F)C(C#N)C2C1. The molecule has 0 saturated carbocycles. The maximum atomic E-state index is 14.3. The highest BCUT2D eigenvalue weighted by Gasteiger charge is 2.47. The predicted molar refractivity (Wildman–Crippen MR) is 81.6 cm³/mol. The molecule has 3 unspecified atom stereocenters. The second kappa shape index (κ2) is 5.26.